The molecular weight excluding hydrogens is 262 g/mol. The van der Waals surface area contributed by atoms with E-state index in [1.807, 2.05) is 24.5 Å². The van der Waals surface area contributed by atoms with E-state index in [0.29, 0.717) is 22.0 Å². The Kier molecular flexibility index (Phi) is 2.83. The van der Waals surface area contributed by atoms with Crippen LogP contribution in [0.4, 0.5) is 0 Å². The van der Waals surface area contributed by atoms with Crippen LogP contribution in [0.15, 0.2) is 40.5 Å². The summed E-state index contributed by atoms with van der Waals surface area (Å²) in [7, 11) is 1.69. The van der Waals surface area contributed by atoms with E-state index >= 15 is 0 Å². The van der Waals surface area contributed by atoms with Crippen molar-refractivity contribution < 1.29 is 0 Å². The van der Waals surface area contributed by atoms with Crippen molar-refractivity contribution in [2.45, 2.75) is 5.16 Å². The molecule has 0 atom stereocenters. The number of hydrogen-bond donors (Lipinski definition) is 0. The van der Waals surface area contributed by atoms with Crippen LogP contribution in [0.25, 0.3) is 16.9 Å². The van der Waals surface area contributed by atoms with Crippen LogP contribution in [0, 0.1) is 0 Å². The molecule has 96 valence electrons. The molecule has 0 radical (unpaired) electrons. The van der Waals surface area contributed by atoms with E-state index in [0.717, 1.165) is 0 Å². The summed E-state index contributed by atoms with van der Waals surface area (Å²) >= 11 is 1.44. The zero-order chi connectivity index (χ0) is 13.4. The molecule has 3 heterocycles. The van der Waals surface area contributed by atoms with Crippen LogP contribution < -0.4 is 5.56 Å². The molecule has 0 aromatic carbocycles. The first-order valence-electron chi connectivity index (χ1n) is 5.62. The molecule has 0 aliphatic carbocycles. The Morgan fingerprint density at radius 2 is 2.11 bits per heavy atom. The Bertz CT molecular complexity index is 793. The molecule has 0 saturated heterocycles. The number of thioether (sulfide) groups is 1. The van der Waals surface area contributed by atoms with Crippen molar-refractivity contribution >= 4 is 22.8 Å². The van der Waals surface area contributed by atoms with Crippen LogP contribution >= 0.6 is 11.8 Å². The number of pyridine rings is 1. The quantitative estimate of drug-likeness (QED) is 0.519. The number of nitrogens with zero attached hydrogens (tertiary/aromatic N) is 5. The van der Waals surface area contributed by atoms with E-state index in [9.17, 15) is 4.79 Å². The highest BCUT2D eigenvalue weighted by atomic mass is 32.2. The summed E-state index contributed by atoms with van der Waals surface area (Å²) in [5, 5.41) is 1.12. The fourth-order valence-electron chi connectivity index (χ4n) is 1.92. The van der Waals surface area contributed by atoms with Gasteiger partial charge in [-0.2, -0.15) is 0 Å². The van der Waals surface area contributed by atoms with Crippen molar-refractivity contribution in [3.8, 4) is 5.82 Å². The van der Waals surface area contributed by atoms with E-state index in [2.05, 4.69) is 15.0 Å². The lowest BCUT2D eigenvalue weighted by molar-refractivity contribution is 0.639. The molecule has 0 fully saturated rings. The minimum atomic E-state index is -0.131. The van der Waals surface area contributed by atoms with Gasteiger partial charge in [0.05, 0.1) is 0 Å². The molecule has 0 saturated carbocycles. The third kappa shape index (κ3) is 1.82. The number of fused-ring (bicyclic) bond motifs is 1. The monoisotopic (exact) mass is 273 g/mol. The minimum absolute atomic E-state index is 0.131. The Morgan fingerprint density at radius 3 is 2.79 bits per heavy atom. The molecular formula is C12H11N5OS. The van der Waals surface area contributed by atoms with Gasteiger partial charge in [0.1, 0.15) is 5.39 Å². The Morgan fingerprint density at radius 1 is 1.26 bits per heavy atom. The topological polar surface area (TPSA) is 65.6 Å². The van der Waals surface area contributed by atoms with E-state index in [4.69, 9.17) is 0 Å². The van der Waals surface area contributed by atoms with Gasteiger partial charge in [0, 0.05) is 19.4 Å². The van der Waals surface area contributed by atoms with Crippen LogP contribution in [0.5, 0.6) is 0 Å². The summed E-state index contributed by atoms with van der Waals surface area (Å²) in [6, 6.07) is 5.53. The normalized spacial score (nSPS) is 11.1. The predicted molar refractivity (Wildman–Crippen MR) is 73.7 cm³/mol. The van der Waals surface area contributed by atoms with Gasteiger partial charge >= 0.3 is 0 Å². The third-order valence-corrected chi connectivity index (χ3v) is 3.38. The minimum Gasteiger partial charge on any atom is -0.267 e. The lowest BCUT2D eigenvalue weighted by Crippen LogP contribution is -2.18. The molecule has 19 heavy (non-hydrogen) atoms. The average Bonchev–Trinajstić information content (AvgIpc) is 2.71. The molecule has 3 aromatic heterocycles. The second kappa shape index (κ2) is 4.51. The maximum atomic E-state index is 12.1. The van der Waals surface area contributed by atoms with Crippen LogP contribution in [0.2, 0.25) is 0 Å². The van der Waals surface area contributed by atoms with Crippen LogP contribution in [-0.4, -0.2) is 30.6 Å². The van der Waals surface area contributed by atoms with E-state index < -0.39 is 0 Å². The van der Waals surface area contributed by atoms with Crippen LogP contribution in [0.3, 0.4) is 0 Å². The Balaban J connectivity index is 2.41. The van der Waals surface area contributed by atoms with Gasteiger partial charge in [0.15, 0.2) is 16.6 Å². The van der Waals surface area contributed by atoms with Gasteiger partial charge in [-0.05, 0) is 18.4 Å². The molecule has 3 aromatic rings. The van der Waals surface area contributed by atoms with Crippen molar-refractivity contribution in [1.82, 2.24) is 24.3 Å². The average molecular weight is 273 g/mol. The number of hydrogen-bond acceptors (Lipinski definition) is 5. The van der Waals surface area contributed by atoms with Gasteiger partial charge in [0.25, 0.3) is 5.56 Å². The lowest BCUT2D eigenvalue weighted by atomic mass is 10.4. The second-order valence-electron chi connectivity index (χ2n) is 3.92. The van der Waals surface area contributed by atoms with E-state index in [1.165, 1.54) is 16.4 Å². The fraction of sp³-hybridized carbons (Fsp3) is 0.167. The van der Waals surface area contributed by atoms with Gasteiger partial charge in [-0.15, -0.1) is 0 Å². The summed E-state index contributed by atoms with van der Waals surface area (Å²) < 4.78 is 3.19. The Hall–Kier alpha value is -2.15. The summed E-state index contributed by atoms with van der Waals surface area (Å²) in [5.41, 5.74) is 0.443. The first kappa shape index (κ1) is 11.9. The summed E-state index contributed by atoms with van der Waals surface area (Å²) in [4.78, 5) is 25.0. The predicted octanol–water partition coefficient (Wildman–Crippen LogP) is 1.24. The largest absolute Gasteiger partial charge is 0.277 e. The molecule has 0 N–H and O–H groups in total. The molecule has 6 nitrogen and oxygen atoms in total. The first-order valence-corrected chi connectivity index (χ1v) is 6.85. The highest BCUT2D eigenvalue weighted by Crippen LogP contribution is 2.16. The molecule has 0 bridgehead atoms. The molecule has 0 amide bonds. The summed E-state index contributed by atoms with van der Waals surface area (Å²) in [6.45, 7) is 0. The second-order valence-corrected chi connectivity index (χ2v) is 4.70. The smallest absolute Gasteiger partial charge is 0.267 e. The maximum absolute atomic E-state index is 12.1. The van der Waals surface area contributed by atoms with E-state index in [-0.39, 0.29) is 5.56 Å². The number of rotatable bonds is 2. The van der Waals surface area contributed by atoms with Gasteiger partial charge in [-0.1, -0.05) is 17.8 Å². The van der Waals surface area contributed by atoms with Crippen molar-refractivity contribution in [2.24, 2.45) is 7.05 Å². The molecule has 0 unspecified atom stereocenters. The van der Waals surface area contributed by atoms with Crippen LogP contribution in [-0.2, 0) is 7.05 Å². The lowest BCUT2D eigenvalue weighted by Gasteiger charge is -2.06. The van der Waals surface area contributed by atoms with Crippen molar-refractivity contribution in [3.05, 3.63) is 40.9 Å². The zero-order valence-electron chi connectivity index (χ0n) is 10.4. The van der Waals surface area contributed by atoms with Crippen molar-refractivity contribution in [1.29, 1.82) is 0 Å². The fourth-order valence-corrected chi connectivity index (χ4v) is 2.25. The van der Waals surface area contributed by atoms with Gasteiger partial charge in [0.2, 0.25) is 0 Å². The molecule has 3 rings (SSSR count). The third-order valence-electron chi connectivity index (χ3n) is 2.82. The van der Waals surface area contributed by atoms with Gasteiger partial charge < -0.3 is 0 Å². The highest BCUT2D eigenvalue weighted by Gasteiger charge is 2.15. The maximum Gasteiger partial charge on any atom is 0.277 e. The summed E-state index contributed by atoms with van der Waals surface area (Å²) in [6.07, 6.45) is 5.14. The van der Waals surface area contributed by atoms with Gasteiger partial charge in [-0.25, -0.2) is 24.3 Å². The van der Waals surface area contributed by atoms with Gasteiger partial charge in [-0.3, -0.25) is 4.79 Å². The van der Waals surface area contributed by atoms with E-state index in [1.54, 1.807) is 24.1 Å². The SMILES string of the molecule is CSc1ncc2c(=O)n(C)n(-c3ccccn3)c2n1. The molecule has 0 spiro atoms. The summed E-state index contributed by atoms with van der Waals surface area (Å²) in [5.74, 6) is 0.655. The Labute approximate surface area is 113 Å². The molecule has 0 aliphatic rings. The molecule has 7 heteroatoms. The highest BCUT2D eigenvalue weighted by molar-refractivity contribution is 7.98. The van der Waals surface area contributed by atoms with Crippen molar-refractivity contribution in [3.63, 3.8) is 0 Å². The number of aromatic nitrogens is 5. The zero-order valence-corrected chi connectivity index (χ0v) is 11.3. The first-order chi connectivity index (χ1) is 9.22. The van der Waals surface area contributed by atoms with Crippen molar-refractivity contribution in [2.75, 3.05) is 6.26 Å². The van der Waals surface area contributed by atoms with Crippen LogP contribution in [0.1, 0.15) is 0 Å². The standard InChI is InChI=1S/C12H11N5OS/c1-16-11(18)8-7-14-12(19-2)15-10(8)17(16)9-5-3-4-6-13-9/h3-7H,1-2H3. The molecule has 0 aliphatic heterocycles.